The molecule has 0 radical (unpaired) electrons. The van der Waals surface area contributed by atoms with Gasteiger partial charge in [0.25, 0.3) is 0 Å². The molecule has 0 aromatic rings. The van der Waals surface area contributed by atoms with Crippen molar-refractivity contribution in [2.24, 2.45) is 0 Å². The molecule has 6 heterocycles. The van der Waals surface area contributed by atoms with E-state index in [2.05, 4.69) is 45.6 Å². The maximum atomic E-state index is 6.82. The number of thioether (sulfide) groups is 1. The van der Waals surface area contributed by atoms with Gasteiger partial charge in [-0.3, -0.25) is 9.80 Å². The van der Waals surface area contributed by atoms with E-state index >= 15 is 0 Å². The average Bonchev–Trinajstić information content (AvgIpc) is 3.62. The first-order valence-corrected chi connectivity index (χ1v) is 11.1. The summed E-state index contributed by atoms with van der Waals surface area (Å²) in [4.78, 5) is 5.04. The molecule has 0 spiro atoms. The quantitative estimate of drug-likeness (QED) is 0.676. The molecule has 0 amide bonds. The van der Waals surface area contributed by atoms with E-state index in [0.717, 1.165) is 26.2 Å². The normalized spacial score (nSPS) is 50.4. The van der Waals surface area contributed by atoms with Crippen LogP contribution >= 0.6 is 11.8 Å². The summed E-state index contributed by atoms with van der Waals surface area (Å²) in [5.41, 5.74) is -0.389. The summed E-state index contributed by atoms with van der Waals surface area (Å²) in [6.07, 6.45) is 18.5. The molecular weight excluding hydrogens is 360 g/mol. The SMILES string of the molecule is C1=COC(C2(C3C=CC=CS3)OC2(N2CC2)N2CC2C2CCCCO2)C=C1. The number of nitrogens with zero attached hydrogens (tertiary/aromatic N) is 2. The molecule has 27 heavy (non-hydrogen) atoms. The molecule has 6 aliphatic heterocycles. The lowest BCUT2D eigenvalue weighted by Crippen LogP contribution is -2.53. The van der Waals surface area contributed by atoms with Crippen LogP contribution in [0.15, 0.2) is 48.1 Å². The highest BCUT2D eigenvalue weighted by atomic mass is 32.2. The van der Waals surface area contributed by atoms with Crippen molar-refractivity contribution < 1.29 is 14.2 Å². The Balaban J connectivity index is 1.33. The molecule has 0 aromatic carbocycles. The molecule has 0 saturated carbocycles. The van der Waals surface area contributed by atoms with Crippen molar-refractivity contribution in [2.75, 3.05) is 26.2 Å². The van der Waals surface area contributed by atoms with Crippen molar-refractivity contribution in [2.45, 2.75) is 54.2 Å². The average molecular weight is 387 g/mol. The van der Waals surface area contributed by atoms with Crippen LogP contribution in [0.2, 0.25) is 0 Å². The van der Waals surface area contributed by atoms with Gasteiger partial charge < -0.3 is 14.2 Å². The minimum Gasteiger partial charge on any atom is -0.491 e. The van der Waals surface area contributed by atoms with Gasteiger partial charge in [-0.1, -0.05) is 24.3 Å². The molecule has 6 heteroatoms. The molecule has 6 aliphatic rings. The fourth-order valence-corrected chi connectivity index (χ4v) is 6.21. The number of hydrogen-bond acceptors (Lipinski definition) is 6. The van der Waals surface area contributed by atoms with Gasteiger partial charge in [0.1, 0.15) is 0 Å². The second-order valence-corrected chi connectivity index (χ2v) is 9.21. The van der Waals surface area contributed by atoms with Crippen LogP contribution in [0.4, 0.5) is 0 Å². The van der Waals surface area contributed by atoms with Gasteiger partial charge in [0, 0.05) is 26.2 Å². The Bertz CT molecular complexity index is 695. The second kappa shape index (κ2) is 6.22. The predicted molar refractivity (Wildman–Crippen MR) is 105 cm³/mol. The summed E-state index contributed by atoms with van der Waals surface area (Å²) in [6, 6.07) is 0.476. The zero-order chi connectivity index (χ0) is 17.9. The molecule has 7 atom stereocenters. The number of allylic oxidation sites excluding steroid dienone is 4. The third-order valence-corrected chi connectivity index (χ3v) is 7.70. The molecule has 7 unspecified atom stereocenters. The van der Waals surface area contributed by atoms with Crippen molar-refractivity contribution in [3.8, 4) is 0 Å². The maximum absolute atomic E-state index is 6.82. The van der Waals surface area contributed by atoms with Crippen LogP contribution in [0.5, 0.6) is 0 Å². The summed E-state index contributed by atoms with van der Waals surface area (Å²) < 4.78 is 19.0. The Morgan fingerprint density at radius 1 is 1.04 bits per heavy atom. The second-order valence-electron chi connectivity index (χ2n) is 8.16. The topological polar surface area (TPSA) is 37.0 Å². The molecule has 4 fully saturated rings. The third-order valence-electron chi connectivity index (χ3n) is 6.59. The number of hydrogen-bond donors (Lipinski definition) is 0. The first kappa shape index (κ1) is 16.9. The van der Waals surface area contributed by atoms with Crippen molar-refractivity contribution in [3.63, 3.8) is 0 Å². The first-order valence-electron chi connectivity index (χ1n) is 10.2. The summed E-state index contributed by atoms with van der Waals surface area (Å²) in [7, 11) is 0. The van der Waals surface area contributed by atoms with E-state index in [0.29, 0.717) is 12.1 Å². The van der Waals surface area contributed by atoms with Crippen LogP contribution in [0, 0.1) is 0 Å². The summed E-state index contributed by atoms with van der Waals surface area (Å²) in [6.45, 7) is 4.16. The minimum absolute atomic E-state index is 0.0784. The van der Waals surface area contributed by atoms with Crippen LogP contribution in [0.25, 0.3) is 0 Å². The van der Waals surface area contributed by atoms with E-state index in [-0.39, 0.29) is 22.8 Å². The molecular formula is C21H26N2O3S. The Kier molecular flexibility index (Phi) is 3.89. The largest absolute Gasteiger partial charge is 0.491 e. The molecule has 0 aromatic heterocycles. The van der Waals surface area contributed by atoms with Gasteiger partial charge in [-0.2, -0.15) is 0 Å². The molecule has 0 bridgehead atoms. The number of ether oxygens (including phenoxy) is 3. The molecule has 4 saturated heterocycles. The van der Waals surface area contributed by atoms with E-state index in [1.54, 1.807) is 6.26 Å². The van der Waals surface area contributed by atoms with Gasteiger partial charge in [-0.05, 0) is 36.8 Å². The van der Waals surface area contributed by atoms with Crippen molar-refractivity contribution in [1.29, 1.82) is 0 Å². The Labute approximate surface area is 164 Å². The Hall–Kier alpha value is -1.05. The lowest BCUT2D eigenvalue weighted by molar-refractivity contribution is -0.0123. The molecule has 0 aliphatic carbocycles. The lowest BCUT2D eigenvalue weighted by atomic mass is 9.91. The van der Waals surface area contributed by atoms with Crippen LogP contribution in [-0.2, 0) is 14.2 Å². The zero-order valence-corrected chi connectivity index (χ0v) is 16.2. The van der Waals surface area contributed by atoms with Crippen molar-refractivity contribution in [1.82, 2.24) is 9.80 Å². The van der Waals surface area contributed by atoms with Gasteiger partial charge >= 0.3 is 0 Å². The van der Waals surface area contributed by atoms with Crippen LogP contribution in [-0.4, -0.2) is 71.0 Å². The fraction of sp³-hybridized carbons (Fsp3) is 0.619. The highest BCUT2D eigenvalue weighted by molar-refractivity contribution is 8.03. The van der Waals surface area contributed by atoms with Gasteiger partial charge in [0.05, 0.1) is 23.7 Å². The minimum atomic E-state index is -0.389. The van der Waals surface area contributed by atoms with Crippen molar-refractivity contribution in [3.05, 3.63) is 48.1 Å². The standard InChI is InChI=1S/C21H26N2O3S/c1-4-12-24-17(7-1)16-15-23(16)21(22-10-11-22)20(26-21,18-8-2-5-13-25-18)19-9-3-6-14-27-19/h2-3,5-6,8-9,13-14,16-19H,1,4,7,10-12,15H2. The molecule has 0 N–H and O–H groups in total. The van der Waals surface area contributed by atoms with Crippen molar-refractivity contribution >= 4 is 11.8 Å². The van der Waals surface area contributed by atoms with Crippen LogP contribution in [0.1, 0.15) is 19.3 Å². The summed E-state index contributed by atoms with van der Waals surface area (Å²) in [5.74, 6) is -0.355. The summed E-state index contributed by atoms with van der Waals surface area (Å²) >= 11 is 1.84. The summed E-state index contributed by atoms with van der Waals surface area (Å²) in [5, 5.41) is 2.41. The molecule has 6 rings (SSSR count). The third kappa shape index (κ3) is 2.47. The van der Waals surface area contributed by atoms with Crippen LogP contribution in [0.3, 0.4) is 0 Å². The van der Waals surface area contributed by atoms with E-state index in [1.165, 1.54) is 19.3 Å². The number of rotatable bonds is 5. The van der Waals surface area contributed by atoms with E-state index < -0.39 is 0 Å². The van der Waals surface area contributed by atoms with E-state index in [9.17, 15) is 0 Å². The highest BCUT2D eigenvalue weighted by Gasteiger charge is 2.86. The Morgan fingerprint density at radius 2 is 1.96 bits per heavy atom. The molecule has 5 nitrogen and oxygen atoms in total. The van der Waals surface area contributed by atoms with E-state index in [1.807, 2.05) is 17.8 Å². The maximum Gasteiger partial charge on any atom is 0.217 e. The lowest BCUT2D eigenvalue weighted by Gasteiger charge is -2.33. The highest BCUT2D eigenvalue weighted by Crippen LogP contribution is 2.65. The zero-order valence-electron chi connectivity index (χ0n) is 15.4. The van der Waals surface area contributed by atoms with Gasteiger partial charge in [0.2, 0.25) is 5.85 Å². The fourth-order valence-electron chi connectivity index (χ4n) is 5.14. The smallest absolute Gasteiger partial charge is 0.217 e. The molecule has 144 valence electrons. The predicted octanol–water partition coefficient (Wildman–Crippen LogP) is 2.63. The van der Waals surface area contributed by atoms with Gasteiger partial charge in [-0.15, -0.1) is 11.8 Å². The Morgan fingerprint density at radius 3 is 2.67 bits per heavy atom. The number of epoxide rings is 1. The van der Waals surface area contributed by atoms with Crippen LogP contribution < -0.4 is 0 Å². The van der Waals surface area contributed by atoms with Gasteiger partial charge in [-0.25, -0.2) is 0 Å². The van der Waals surface area contributed by atoms with Gasteiger partial charge in [0.15, 0.2) is 11.7 Å². The monoisotopic (exact) mass is 386 g/mol. The van der Waals surface area contributed by atoms with E-state index in [4.69, 9.17) is 14.2 Å². The first-order chi connectivity index (χ1) is 13.4.